The Balaban J connectivity index is 2.38. The van der Waals surface area contributed by atoms with E-state index in [1.807, 2.05) is 18.2 Å². The summed E-state index contributed by atoms with van der Waals surface area (Å²) in [7, 11) is 0. The van der Waals surface area contributed by atoms with Crippen molar-refractivity contribution in [3.8, 4) is 0 Å². The molecule has 0 radical (unpaired) electrons. The molecule has 0 bridgehead atoms. The van der Waals surface area contributed by atoms with E-state index in [0.29, 0.717) is 12.1 Å². The lowest BCUT2D eigenvalue weighted by Crippen LogP contribution is -2.31. The van der Waals surface area contributed by atoms with Crippen LogP contribution in [0.15, 0.2) is 24.3 Å². The van der Waals surface area contributed by atoms with Crippen LogP contribution < -0.4 is 4.90 Å². The summed E-state index contributed by atoms with van der Waals surface area (Å²) in [6.07, 6.45) is 3.84. The van der Waals surface area contributed by atoms with Crippen LogP contribution in [0.1, 0.15) is 15.9 Å². The number of rotatable bonds is 0. The first-order chi connectivity index (χ1) is 6.79. The molecule has 1 aromatic rings. The molecule has 0 spiro atoms. The molecule has 0 aliphatic carbocycles. The molecule has 0 atom stereocenters. The number of nitrogens with zero attached hydrogens (tertiary/aromatic N) is 1. The second kappa shape index (κ2) is 2.32. The van der Waals surface area contributed by atoms with E-state index >= 15 is 0 Å². The van der Waals surface area contributed by atoms with E-state index in [2.05, 4.69) is 0 Å². The van der Waals surface area contributed by atoms with Gasteiger partial charge in [0, 0.05) is 6.54 Å². The Morgan fingerprint density at radius 2 is 2.07 bits per heavy atom. The van der Waals surface area contributed by atoms with Crippen molar-refractivity contribution < 1.29 is 9.59 Å². The summed E-state index contributed by atoms with van der Waals surface area (Å²) in [6.45, 7) is 0.509. The van der Waals surface area contributed by atoms with Crippen molar-refractivity contribution in [2.75, 3.05) is 11.4 Å². The first kappa shape index (κ1) is 7.50. The van der Waals surface area contributed by atoms with Crippen molar-refractivity contribution >= 4 is 23.5 Å². The highest BCUT2D eigenvalue weighted by molar-refractivity contribution is 6.52. The third-order valence-electron chi connectivity index (χ3n) is 2.61. The molecular formula is C11H7NO2. The van der Waals surface area contributed by atoms with Crippen LogP contribution in [-0.4, -0.2) is 18.2 Å². The van der Waals surface area contributed by atoms with Gasteiger partial charge in [-0.3, -0.25) is 9.59 Å². The summed E-state index contributed by atoms with van der Waals surface area (Å²) in [5, 5.41) is 0. The van der Waals surface area contributed by atoms with Gasteiger partial charge in [-0.05, 0) is 11.6 Å². The summed E-state index contributed by atoms with van der Waals surface area (Å²) in [6, 6.07) is 5.42. The van der Waals surface area contributed by atoms with Crippen LogP contribution in [0.5, 0.6) is 0 Å². The monoisotopic (exact) mass is 185 g/mol. The predicted molar refractivity (Wildman–Crippen MR) is 52.2 cm³/mol. The van der Waals surface area contributed by atoms with E-state index < -0.39 is 5.91 Å². The van der Waals surface area contributed by atoms with Gasteiger partial charge in [0.2, 0.25) is 0 Å². The van der Waals surface area contributed by atoms with Gasteiger partial charge in [-0.2, -0.15) is 0 Å². The van der Waals surface area contributed by atoms with Crippen molar-refractivity contribution in [2.24, 2.45) is 0 Å². The maximum Gasteiger partial charge on any atom is 0.299 e. The average Bonchev–Trinajstić information content (AvgIpc) is 2.47. The molecule has 0 fully saturated rings. The molecular weight excluding hydrogens is 178 g/mol. The van der Waals surface area contributed by atoms with Crippen molar-refractivity contribution in [1.29, 1.82) is 0 Å². The Hall–Kier alpha value is -1.90. The Morgan fingerprint density at radius 3 is 2.93 bits per heavy atom. The molecule has 0 saturated heterocycles. The Labute approximate surface area is 80.6 Å². The summed E-state index contributed by atoms with van der Waals surface area (Å²) in [5.41, 5.74) is 2.27. The van der Waals surface area contributed by atoms with Crippen LogP contribution >= 0.6 is 0 Å². The van der Waals surface area contributed by atoms with E-state index in [-0.39, 0.29) is 5.78 Å². The van der Waals surface area contributed by atoms with Gasteiger partial charge in [0.25, 0.3) is 11.7 Å². The van der Waals surface area contributed by atoms with Crippen LogP contribution in [0.4, 0.5) is 5.69 Å². The zero-order chi connectivity index (χ0) is 9.71. The number of hydrogen-bond donors (Lipinski definition) is 0. The van der Waals surface area contributed by atoms with Gasteiger partial charge in [0.1, 0.15) is 0 Å². The van der Waals surface area contributed by atoms with Gasteiger partial charge < -0.3 is 4.90 Å². The fourth-order valence-corrected chi connectivity index (χ4v) is 1.98. The van der Waals surface area contributed by atoms with Crippen LogP contribution in [-0.2, 0) is 4.79 Å². The maximum atomic E-state index is 11.5. The molecule has 0 aromatic heterocycles. The highest BCUT2D eigenvalue weighted by Crippen LogP contribution is 2.35. The number of hydrogen-bond acceptors (Lipinski definition) is 2. The minimum atomic E-state index is -0.406. The van der Waals surface area contributed by atoms with Crippen LogP contribution in [0, 0.1) is 0 Å². The van der Waals surface area contributed by atoms with E-state index in [4.69, 9.17) is 0 Å². The Morgan fingerprint density at radius 1 is 1.21 bits per heavy atom. The van der Waals surface area contributed by atoms with Gasteiger partial charge in [-0.25, -0.2) is 0 Å². The lowest BCUT2D eigenvalue weighted by molar-refractivity contribution is -0.114. The molecule has 68 valence electrons. The largest absolute Gasteiger partial charge is 0.300 e. The van der Waals surface area contributed by atoms with E-state index in [1.54, 1.807) is 12.1 Å². The second-order valence-corrected chi connectivity index (χ2v) is 3.39. The van der Waals surface area contributed by atoms with Gasteiger partial charge in [-0.1, -0.05) is 24.3 Å². The summed E-state index contributed by atoms with van der Waals surface area (Å²) >= 11 is 0. The zero-order valence-corrected chi connectivity index (χ0v) is 7.36. The Bertz CT molecular complexity index is 488. The quantitative estimate of drug-likeness (QED) is 0.570. The first-order valence-corrected chi connectivity index (χ1v) is 4.45. The van der Waals surface area contributed by atoms with Gasteiger partial charge in [0.05, 0.1) is 11.3 Å². The van der Waals surface area contributed by atoms with E-state index in [0.717, 1.165) is 11.3 Å². The topological polar surface area (TPSA) is 37.4 Å². The number of benzene rings is 1. The van der Waals surface area contributed by atoms with Crippen LogP contribution in [0.25, 0.3) is 6.08 Å². The molecule has 1 aromatic carbocycles. The highest BCUT2D eigenvalue weighted by atomic mass is 16.2. The van der Waals surface area contributed by atoms with Crippen LogP contribution in [0.2, 0.25) is 0 Å². The lowest BCUT2D eigenvalue weighted by Gasteiger charge is -2.19. The average molecular weight is 185 g/mol. The molecule has 0 saturated carbocycles. The smallest absolute Gasteiger partial charge is 0.299 e. The SMILES string of the molecule is O=C1C(=O)N2CC=Cc3cccc1c32. The van der Waals surface area contributed by atoms with Crippen molar-refractivity contribution in [2.45, 2.75) is 0 Å². The molecule has 2 aliphatic heterocycles. The number of para-hydroxylation sites is 1. The van der Waals surface area contributed by atoms with Crippen molar-refractivity contribution in [3.05, 3.63) is 35.4 Å². The summed E-state index contributed by atoms with van der Waals surface area (Å²) in [4.78, 5) is 24.6. The van der Waals surface area contributed by atoms with Crippen LogP contribution in [0.3, 0.4) is 0 Å². The maximum absolute atomic E-state index is 11.5. The van der Waals surface area contributed by atoms with Gasteiger partial charge in [0.15, 0.2) is 0 Å². The van der Waals surface area contributed by atoms with Gasteiger partial charge >= 0.3 is 0 Å². The first-order valence-electron chi connectivity index (χ1n) is 4.45. The van der Waals surface area contributed by atoms with Gasteiger partial charge in [-0.15, -0.1) is 0 Å². The Kier molecular flexibility index (Phi) is 1.24. The normalized spacial score (nSPS) is 17.6. The molecule has 1 amide bonds. The number of Topliss-reactive ketones (excluding diaryl/α,β-unsaturated/α-hetero) is 1. The lowest BCUT2D eigenvalue weighted by atomic mass is 10.0. The molecule has 2 aliphatic rings. The second-order valence-electron chi connectivity index (χ2n) is 3.39. The molecule has 3 heteroatoms. The molecule has 3 nitrogen and oxygen atoms in total. The number of carbonyl (C=O) groups excluding carboxylic acids is 2. The molecule has 0 unspecified atom stereocenters. The third-order valence-corrected chi connectivity index (χ3v) is 2.61. The summed E-state index contributed by atoms with van der Waals surface area (Å²) < 4.78 is 0. The minimum absolute atomic E-state index is 0.384. The molecule has 3 rings (SSSR count). The molecule has 0 N–H and O–H groups in total. The number of amides is 1. The minimum Gasteiger partial charge on any atom is -0.300 e. The fraction of sp³-hybridized carbons (Fsp3) is 0.0909. The number of carbonyl (C=O) groups is 2. The van der Waals surface area contributed by atoms with E-state index in [1.165, 1.54) is 4.90 Å². The van der Waals surface area contributed by atoms with E-state index in [9.17, 15) is 9.59 Å². The predicted octanol–water partition coefficient (Wildman–Crippen LogP) is 1.24. The fourth-order valence-electron chi connectivity index (χ4n) is 1.98. The zero-order valence-electron chi connectivity index (χ0n) is 7.36. The van der Waals surface area contributed by atoms with Crippen molar-refractivity contribution in [1.82, 2.24) is 0 Å². The summed E-state index contributed by atoms with van der Waals surface area (Å²) in [5.74, 6) is -0.789. The van der Waals surface area contributed by atoms with Crippen molar-refractivity contribution in [3.63, 3.8) is 0 Å². The highest BCUT2D eigenvalue weighted by Gasteiger charge is 2.37. The number of ketones is 1. The molecule has 14 heavy (non-hydrogen) atoms. The standard InChI is InChI=1S/C11H7NO2/c13-10-8-5-1-3-7-4-2-6-12(9(7)8)11(10)14/h1-5H,6H2. The molecule has 2 heterocycles. The number of anilines is 1. The third kappa shape index (κ3) is 0.719.